The van der Waals surface area contributed by atoms with E-state index < -0.39 is 11.8 Å². The maximum atomic E-state index is 11.9. The molecule has 1 aliphatic heterocycles. The Balaban J connectivity index is 2.48. The van der Waals surface area contributed by atoms with Crippen molar-refractivity contribution in [3.8, 4) is 0 Å². The van der Waals surface area contributed by atoms with Crippen LogP contribution in [0.5, 0.6) is 0 Å². The van der Waals surface area contributed by atoms with Gasteiger partial charge in [-0.25, -0.2) is 0 Å². The first-order valence-electron chi connectivity index (χ1n) is 5.40. The van der Waals surface area contributed by atoms with Crippen LogP contribution in [0, 0.1) is 6.92 Å². The van der Waals surface area contributed by atoms with Crippen LogP contribution in [0.2, 0.25) is 5.02 Å². The zero-order valence-corrected chi connectivity index (χ0v) is 11.5. The number of hydrogen-bond acceptors (Lipinski definition) is 3. The van der Waals surface area contributed by atoms with Gasteiger partial charge in [0.1, 0.15) is 0 Å². The Morgan fingerprint density at radius 1 is 1.39 bits per heavy atom. The van der Waals surface area contributed by atoms with Gasteiger partial charge in [0.15, 0.2) is 5.17 Å². The number of carbonyl (C=O) groups excluding carboxylic acids is 2. The number of aliphatic imine (C=N–C) groups is 1. The highest BCUT2D eigenvalue weighted by molar-refractivity contribution is 8.14. The van der Waals surface area contributed by atoms with Gasteiger partial charge in [0.25, 0.3) is 0 Å². The monoisotopic (exact) mass is 282 g/mol. The lowest BCUT2D eigenvalue weighted by Crippen LogP contribution is -2.33. The van der Waals surface area contributed by atoms with Crippen LogP contribution in [-0.2, 0) is 9.59 Å². The van der Waals surface area contributed by atoms with Gasteiger partial charge in [-0.05, 0) is 30.4 Å². The van der Waals surface area contributed by atoms with Crippen LogP contribution in [0.3, 0.4) is 0 Å². The third kappa shape index (κ3) is 2.28. The molecule has 0 saturated heterocycles. The Morgan fingerprint density at radius 2 is 2.11 bits per heavy atom. The number of carbonyl (C=O) groups is 2. The molecule has 4 nitrogen and oxygen atoms in total. The minimum absolute atomic E-state index is 0.415. The fraction of sp³-hybridized carbons (Fsp3) is 0.250. The molecule has 1 aromatic rings. The van der Waals surface area contributed by atoms with Crippen LogP contribution in [0.15, 0.2) is 23.2 Å². The maximum Gasteiger partial charge on any atom is 0.338 e. The standard InChI is InChI=1S/C12H11ClN2O2S/c1-3-18-12-14-10(16)11(17)15(12)9-6-8(13)5-4-7(9)2/h4-6H,3H2,1-2H3. The second-order valence-corrected chi connectivity index (χ2v) is 5.37. The molecule has 2 rings (SSSR count). The van der Waals surface area contributed by atoms with Gasteiger partial charge in [-0.3, -0.25) is 14.5 Å². The highest BCUT2D eigenvalue weighted by Gasteiger charge is 2.35. The van der Waals surface area contributed by atoms with Gasteiger partial charge in [-0.2, -0.15) is 4.99 Å². The van der Waals surface area contributed by atoms with E-state index in [1.54, 1.807) is 12.1 Å². The topological polar surface area (TPSA) is 49.7 Å². The lowest BCUT2D eigenvalue weighted by Gasteiger charge is -2.19. The summed E-state index contributed by atoms with van der Waals surface area (Å²) in [7, 11) is 0. The summed E-state index contributed by atoms with van der Waals surface area (Å²) in [4.78, 5) is 28.4. The van der Waals surface area contributed by atoms with Gasteiger partial charge in [0.2, 0.25) is 0 Å². The van der Waals surface area contributed by atoms with Crippen LogP contribution in [0.25, 0.3) is 0 Å². The second kappa shape index (κ2) is 5.12. The molecule has 0 saturated carbocycles. The first-order chi connectivity index (χ1) is 8.54. The summed E-state index contributed by atoms with van der Waals surface area (Å²) in [6.45, 7) is 3.79. The van der Waals surface area contributed by atoms with Gasteiger partial charge in [0, 0.05) is 5.02 Å². The fourth-order valence-corrected chi connectivity index (χ4v) is 2.51. The number of halogens is 1. The summed E-state index contributed by atoms with van der Waals surface area (Å²) in [5, 5.41) is 0.932. The molecule has 6 heteroatoms. The van der Waals surface area contributed by atoms with Crippen molar-refractivity contribution in [2.75, 3.05) is 10.7 Å². The van der Waals surface area contributed by atoms with Crippen LogP contribution >= 0.6 is 23.4 Å². The van der Waals surface area contributed by atoms with E-state index in [2.05, 4.69) is 4.99 Å². The molecule has 2 amide bonds. The Kier molecular flexibility index (Phi) is 3.73. The molecule has 1 heterocycles. The zero-order chi connectivity index (χ0) is 13.3. The molecule has 0 unspecified atom stereocenters. The lowest BCUT2D eigenvalue weighted by atomic mass is 10.2. The molecule has 0 aliphatic carbocycles. The Morgan fingerprint density at radius 3 is 2.78 bits per heavy atom. The lowest BCUT2D eigenvalue weighted by molar-refractivity contribution is -0.134. The normalized spacial score (nSPS) is 15.3. The summed E-state index contributed by atoms with van der Waals surface area (Å²) >= 11 is 7.29. The average Bonchev–Trinajstić information content (AvgIpc) is 2.59. The first kappa shape index (κ1) is 13.1. The molecule has 18 heavy (non-hydrogen) atoms. The molecule has 0 atom stereocenters. The van der Waals surface area contributed by atoms with Crippen molar-refractivity contribution in [2.24, 2.45) is 4.99 Å². The van der Waals surface area contributed by atoms with Crippen LogP contribution in [0.4, 0.5) is 5.69 Å². The van der Waals surface area contributed by atoms with E-state index in [1.807, 2.05) is 19.9 Å². The van der Waals surface area contributed by atoms with E-state index in [0.29, 0.717) is 15.9 Å². The minimum Gasteiger partial charge on any atom is -0.262 e. The number of nitrogens with zero attached hydrogens (tertiary/aromatic N) is 2. The fourth-order valence-electron chi connectivity index (χ4n) is 1.63. The number of benzene rings is 1. The molecule has 0 bridgehead atoms. The third-order valence-electron chi connectivity index (χ3n) is 2.46. The van der Waals surface area contributed by atoms with Gasteiger partial charge in [0.05, 0.1) is 5.69 Å². The zero-order valence-electron chi connectivity index (χ0n) is 9.94. The van der Waals surface area contributed by atoms with Crippen molar-refractivity contribution in [3.05, 3.63) is 28.8 Å². The molecule has 0 fully saturated rings. The number of anilines is 1. The van der Waals surface area contributed by atoms with E-state index in [4.69, 9.17) is 11.6 Å². The van der Waals surface area contributed by atoms with Crippen molar-refractivity contribution >= 4 is 46.0 Å². The number of thioether (sulfide) groups is 1. The predicted octanol–water partition coefficient (Wildman–Crippen LogP) is 2.63. The quantitative estimate of drug-likeness (QED) is 0.784. The molecule has 0 spiro atoms. The van der Waals surface area contributed by atoms with Crippen LogP contribution < -0.4 is 4.90 Å². The van der Waals surface area contributed by atoms with Gasteiger partial charge in [-0.1, -0.05) is 36.4 Å². The second-order valence-electron chi connectivity index (χ2n) is 3.70. The van der Waals surface area contributed by atoms with Crippen molar-refractivity contribution < 1.29 is 9.59 Å². The van der Waals surface area contributed by atoms with E-state index in [1.165, 1.54) is 16.7 Å². The molecule has 0 N–H and O–H groups in total. The smallest absolute Gasteiger partial charge is 0.262 e. The molecule has 94 valence electrons. The Labute approximate surface area is 114 Å². The van der Waals surface area contributed by atoms with Crippen LogP contribution in [-0.4, -0.2) is 22.7 Å². The van der Waals surface area contributed by atoms with Crippen molar-refractivity contribution in [1.82, 2.24) is 0 Å². The van der Waals surface area contributed by atoms with Gasteiger partial charge < -0.3 is 0 Å². The summed E-state index contributed by atoms with van der Waals surface area (Å²) in [6.07, 6.45) is 0. The van der Waals surface area contributed by atoms with Gasteiger partial charge >= 0.3 is 11.8 Å². The summed E-state index contributed by atoms with van der Waals surface area (Å²) in [5.74, 6) is -0.628. The van der Waals surface area contributed by atoms with Crippen molar-refractivity contribution in [1.29, 1.82) is 0 Å². The SMILES string of the molecule is CCSC1=NC(=O)C(=O)N1c1cc(Cl)ccc1C. The molecule has 0 aromatic heterocycles. The summed E-state index contributed by atoms with van der Waals surface area (Å²) in [6, 6.07) is 5.22. The molecule has 1 aliphatic rings. The Bertz CT molecular complexity index is 557. The van der Waals surface area contributed by atoms with E-state index in [-0.39, 0.29) is 0 Å². The minimum atomic E-state index is -0.731. The van der Waals surface area contributed by atoms with E-state index >= 15 is 0 Å². The first-order valence-corrected chi connectivity index (χ1v) is 6.77. The Hall–Kier alpha value is -1.33. The number of hydrogen-bond donors (Lipinski definition) is 0. The molecule has 0 radical (unpaired) electrons. The van der Waals surface area contributed by atoms with Crippen molar-refractivity contribution in [3.63, 3.8) is 0 Å². The number of aryl methyl sites for hydroxylation is 1. The number of amides is 2. The van der Waals surface area contributed by atoms with Crippen LogP contribution in [0.1, 0.15) is 12.5 Å². The highest BCUT2D eigenvalue weighted by atomic mass is 35.5. The summed E-state index contributed by atoms with van der Waals surface area (Å²) < 4.78 is 0. The number of amidine groups is 1. The van der Waals surface area contributed by atoms with E-state index in [9.17, 15) is 9.59 Å². The third-order valence-corrected chi connectivity index (χ3v) is 3.52. The number of rotatable bonds is 2. The molecular formula is C12H11ClN2O2S. The van der Waals surface area contributed by atoms with Gasteiger partial charge in [-0.15, -0.1) is 0 Å². The molecule has 1 aromatic carbocycles. The average molecular weight is 283 g/mol. The van der Waals surface area contributed by atoms with Crippen molar-refractivity contribution in [2.45, 2.75) is 13.8 Å². The maximum absolute atomic E-state index is 11.9. The highest BCUT2D eigenvalue weighted by Crippen LogP contribution is 2.29. The predicted molar refractivity (Wildman–Crippen MR) is 74.2 cm³/mol. The summed E-state index contributed by atoms with van der Waals surface area (Å²) in [5.41, 5.74) is 1.48. The molecular weight excluding hydrogens is 272 g/mol. The largest absolute Gasteiger partial charge is 0.338 e. The van der Waals surface area contributed by atoms with E-state index in [0.717, 1.165) is 11.3 Å².